The van der Waals surface area contributed by atoms with Gasteiger partial charge in [0, 0.05) is 25.4 Å². The first-order valence-corrected chi connectivity index (χ1v) is 7.04. The Kier molecular flexibility index (Phi) is 2.19. The molecule has 0 aromatic carbocycles. The Bertz CT molecular complexity index is 448. The minimum atomic E-state index is 0.378. The summed E-state index contributed by atoms with van der Waals surface area (Å²) in [6.07, 6.45) is 10.4. The number of aromatic nitrogens is 2. The van der Waals surface area contributed by atoms with Crippen LogP contribution >= 0.6 is 0 Å². The number of hydrogen-bond acceptors (Lipinski definition) is 3. The molecule has 2 bridgehead atoms. The summed E-state index contributed by atoms with van der Waals surface area (Å²) in [5.74, 6) is 1.18. The van der Waals surface area contributed by atoms with Crippen molar-refractivity contribution in [1.29, 1.82) is 0 Å². The van der Waals surface area contributed by atoms with Crippen molar-refractivity contribution in [3.63, 3.8) is 0 Å². The second-order valence-corrected chi connectivity index (χ2v) is 6.70. The summed E-state index contributed by atoms with van der Waals surface area (Å²) in [6.45, 7) is 2.87. The van der Waals surface area contributed by atoms with Crippen molar-refractivity contribution in [3.05, 3.63) is 18.2 Å². The highest BCUT2D eigenvalue weighted by atomic mass is 16.5. The van der Waals surface area contributed by atoms with Crippen LogP contribution in [0.25, 0.3) is 0 Å². The third-order valence-corrected chi connectivity index (χ3v) is 5.21. The lowest BCUT2D eigenvalue weighted by molar-refractivity contribution is -0.232. The molecular formula is C14H21N3O. The predicted octanol–water partition coefficient (Wildman–Crippen LogP) is 1.34. The van der Waals surface area contributed by atoms with Gasteiger partial charge in [-0.05, 0) is 43.1 Å². The van der Waals surface area contributed by atoms with E-state index in [1.165, 1.54) is 25.1 Å². The molecule has 2 heterocycles. The minimum Gasteiger partial charge on any atom is -0.377 e. The second kappa shape index (κ2) is 3.58. The Morgan fingerprint density at radius 1 is 1.39 bits per heavy atom. The molecule has 4 aliphatic rings. The number of aryl methyl sites for hydroxylation is 1. The van der Waals surface area contributed by atoms with Crippen LogP contribution in [0, 0.1) is 10.8 Å². The fourth-order valence-electron chi connectivity index (χ4n) is 4.36. The molecule has 1 atom stereocenters. The normalized spacial score (nSPS) is 40.8. The summed E-state index contributed by atoms with van der Waals surface area (Å²) in [5.41, 5.74) is 6.82. The smallest absolute Gasteiger partial charge is 0.111 e. The van der Waals surface area contributed by atoms with Gasteiger partial charge in [-0.25, -0.2) is 4.98 Å². The van der Waals surface area contributed by atoms with E-state index in [0.717, 1.165) is 32.5 Å². The molecule has 0 saturated heterocycles. The Morgan fingerprint density at radius 2 is 2.22 bits per heavy atom. The van der Waals surface area contributed by atoms with Gasteiger partial charge >= 0.3 is 0 Å². The van der Waals surface area contributed by atoms with Crippen LogP contribution in [0.3, 0.4) is 0 Å². The molecule has 1 aromatic heterocycles. The van der Waals surface area contributed by atoms with Gasteiger partial charge in [0.1, 0.15) is 5.82 Å². The largest absolute Gasteiger partial charge is 0.377 e. The number of fused-ring (bicyclic) bond motifs is 1. The molecular weight excluding hydrogens is 226 g/mol. The number of rotatable bonds is 4. The van der Waals surface area contributed by atoms with E-state index in [0.29, 0.717) is 16.9 Å². The molecule has 4 heteroatoms. The maximum atomic E-state index is 6.15. The number of imidazole rings is 1. The third-order valence-electron chi connectivity index (χ3n) is 5.21. The van der Waals surface area contributed by atoms with E-state index in [4.69, 9.17) is 10.5 Å². The maximum Gasteiger partial charge on any atom is 0.111 e. The number of hydrogen-bond donors (Lipinski definition) is 1. The minimum absolute atomic E-state index is 0.378. The SMILES string of the molecule is NCC12CC(COC3CCn4ccnc4C3)(C1)C2. The fourth-order valence-corrected chi connectivity index (χ4v) is 4.36. The zero-order valence-corrected chi connectivity index (χ0v) is 10.8. The van der Waals surface area contributed by atoms with Crippen molar-refractivity contribution in [2.45, 2.75) is 44.8 Å². The summed E-state index contributed by atoms with van der Waals surface area (Å²) in [5, 5.41) is 0. The van der Waals surface area contributed by atoms with Gasteiger partial charge in [-0.15, -0.1) is 0 Å². The van der Waals surface area contributed by atoms with Gasteiger partial charge in [0.25, 0.3) is 0 Å². The highest BCUT2D eigenvalue weighted by Gasteiger charge is 2.66. The van der Waals surface area contributed by atoms with Gasteiger partial charge in [-0.1, -0.05) is 0 Å². The van der Waals surface area contributed by atoms with E-state index >= 15 is 0 Å². The number of nitrogens with two attached hydrogens (primary N) is 1. The van der Waals surface area contributed by atoms with Gasteiger partial charge in [-0.3, -0.25) is 0 Å². The summed E-state index contributed by atoms with van der Waals surface area (Å²) in [7, 11) is 0. The lowest BCUT2D eigenvalue weighted by Gasteiger charge is -2.70. The molecule has 5 rings (SSSR count). The molecule has 2 N–H and O–H groups in total. The molecule has 4 nitrogen and oxygen atoms in total. The van der Waals surface area contributed by atoms with Crippen LogP contribution in [-0.4, -0.2) is 28.8 Å². The summed E-state index contributed by atoms with van der Waals surface area (Å²) < 4.78 is 8.39. The lowest BCUT2D eigenvalue weighted by atomic mass is 9.35. The van der Waals surface area contributed by atoms with Crippen molar-refractivity contribution in [1.82, 2.24) is 9.55 Å². The monoisotopic (exact) mass is 247 g/mol. The lowest BCUT2D eigenvalue weighted by Crippen LogP contribution is -2.66. The summed E-state index contributed by atoms with van der Waals surface area (Å²) >= 11 is 0. The molecule has 0 radical (unpaired) electrons. The predicted molar refractivity (Wildman–Crippen MR) is 68.1 cm³/mol. The molecule has 3 aliphatic carbocycles. The van der Waals surface area contributed by atoms with E-state index in [1.54, 1.807) is 0 Å². The molecule has 1 aliphatic heterocycles. The van der Waals surface area contributed by atoms with Crippen molar-refractivity contribution in [3.8, 4) is 0 Å². The van der Waals surface area contributed by atoms with Crippen molar-refractivity contribution < 1.29 is 4.74 Å². The van der Waals surface area contributed by atoms with Gasteiger partial charge in [0.05, 0.1) is 12.7 Å². The number of ether oxygens (including phenoxy) is 1. The van der Waals surface area contributed by atoms with Gasteiger partial charge < -0.3 is 15.0 Å². The first-order valence-electron chi connectivity index (χ1n) is 7.04. The standard InChI is InChI=1S/C14H21N3O/c15-9-13-6-14(7-13,8-13)10-18-11-1-3-17-4-2-16-12(17)5-11/h2,4,11H,1,3,5-10,15H2. The molecule has 18 heavy (non-hydrogen) atoms. The van der Waals surface area contributed by atoms with E-state index in [2.05, 4.69) is 15.7 Å². The second-order valence-electron chi connectivity index (χ2n) is 6.70. The van der Waals surface area contributed by atoms with Gasteiger partial charge in [-0.2, -0.15) is 0 Å². The quantitative estimate of drug-likeness (QED) is 0.873. The zero-order valence-electron chi connectivity index (χ0n) is 10.8. The molecule has 0 amide bonds. The first kappa shape index (κ1) is 11.0. The van der Waals surface area contributed by atoms with Gasteiger partial charge in [0.2, 0.25) is 0 Å². The van der Waals surface area contributed by atoms with Crippen LogP contribution in [0.1, 0.15) is 31.5 Å². The van der Waals surface area contributed by atoms with Crippen LogP contribution < -0.4 is 5.73 Å². The molecule has 0 spiro atoms. The van der Waals surface area contributed by atoms with Crippen LogP contribution in [0.15, 0.2) is 12.4 Å². The van der Waals surface area contributed by atoms with Crippen molar-refractivity contribution >= 4 is 0 Å². The van der Waals surface area contributed by atoms with Gasteiger partial charge in [0.15, 0.2) is 0 Å². The highest BCUT2D eigenvalue weighted by Crippen LogP contribution is 2.72. The Balaban J connectivity index is 1.30. The summed E-state index contributed by atoms with van der Waals surface area (Å²) in [6, 6.07) is 0. The third kappa shape index (κ3) is 1.48. The van der Waals surface area contributed by atoms with Crippen LogP contribution in [0.5, 0.6) is 0 Å². The van der Waals surface area contributed by atoms with Crippen LogP contribution in [-0.2, 0) is 17.7 Å². The first-order chi connectivity index (χ1) is 8.73. The molecule has 98 valence electrons. The maximum absolute atomic E-state index is 6.15. The zero-order chi connectivity index (χ0) is 12.2. The van der Waals surface area contributed by atoms with E-state index in [-0.39, 0.29) is 0 Å². The summed E-state index contributed by atoms with van der Waals surface area (Å²) in [4.78, 5) is 4.39. The van der Waals surface area contributed by atoms with E-state index in [9.17, 15) is 0 Å². The van der Waals surface area contributed by atoms with E-state index < -0.39 is 0 Å². The van der Waals surface area contributed by atoms with Crippen molar-refractivity contribution in [2.75, 3.05) is 13.2 Å². The topological polar surface area (TPSA) is 53.1 Å². The average Bonchev–Trinajstić information content (AvgIpc) is 2.73. The van der Waals surface area contributed by atoms with E-state index in [1.807, 2.05) is 6.20 Å². The molecule has 3 saturated carbocycles. The fraction of sp³-hybridized carbons (Fsp3) is 0.786. The Labute approximate surface area is 108 Å². The Hall–Kier alpha value is -0.870. The molecule has 3 fully saturated rings. The van der Waals surface area contributed by atoms with Crippen LogP contribution in [0.2, 0.25) is 0 Å². The molecule has 1 aromatic rings. The van der Waals surface area contributed by atoms with Crippen molar-refractivity contribution in [2.24, 2.45) is 16.6 Å². The Morgan fingerprint density at radius 3 is 3.00 bits per heavy atom. The number of nitrogens with zero attached hydrogens (tertiary/aromatic N) is 2. The average molecular weight is 247 g/mol. The highest BCUT2D eigenvalue weighted by molar-refractivity contribution is 5.17. The molecule has 1 unspecified atom stereocenters. The van der Waals surface area contributed by atoms with Crippen LogP contribution in [0.4, 0.5) is 0 Å².